The van der Waals surface area contributed by atoms with E-state index in [9.17, 15) is 10.2 Å². The fraction of sp³-hybridized carbons (Fsp3) is 0.600. The van der Waals surface area contributed by atoms with Crippen molar-refractivity contribution < 1.29 is 10.2 Å². The molecule has 68 valence electrons. The van der Waals surface area contributed by atoms with Gasteiger partial charge in [-0.3, -0.25) is 0 Å². The van der Waals surface area contributed by atoms with E-state index < -0.39 is 12.2 Å². The Morgan fingerprint density at radius 1 is 1.58 bits per heavy atom. The summed E-state index contributed by atoms with van der Waals surface area (Å²) in [6, 6.07) is 0. The Hall–Kier alpha value is -0.600. The number of aliphatic hydroxyl groups excluding tert-OH is 2. The monoisotopic (exact) mass is 168 g/mol. The van der Waals surface area contributed by atoms with Gasteiger partial charge in [-0.25, -0.2) is 0 Å². The molecule has 2 unspecified atom stereocenters. The minimum Gasteiger partial charge on any atom is -0.390 e. The summed E-state index contributed by atoms with van der Waals surface area (Å²) in [6.07, 6.45) is 2.76. The minimum absolute atomic E-state index is 0.252. The molecule has 0 aromatic heterocycles. The molecule has 0 bridgehead atoms. The first-order chi connectivity index (χ1) is 5.47. The first-order valence-electron chi connectivity index (χ1n) is 4.16. The fourth-order valence-electron chi connectivity index (χ4n) is 1.60. The molecular weight excluding hydrogens is 152 g/mol. The number of allylic oxidation sites excluding steroid dienone is 2. The normalized spacial score (nSPS) is 34.2. The van der Waals surface area contributed by atoms with Crippen LogP contribution in [0.3, 0.4) is 0 Å². The third kappa shape index (κ3) is 1.59. The zero-order valence-electron chi connectivity index (χ0n) is 7.62. The average molecular weight is 168 g/mol. The molecule has 2 nitrogen and oxygen atoms in total. The van der Waals surface area contributed by atoms with Gasteiger partial charge in [-0.2, -0.15) is 0 Å². The van der Waals surface area contributed by atoms with Crippen molar-refractivity contribution in [2.24, 2.45) is 5.41 Å². The average Bonchev–Trinajstić information content (AvgIpc) is 1.99. The molecule has 2 heteroatoms. The van der Waals surface area contributed by atoms with E-state index in [1.54, 1.807) is 12.2 Å². The Bertz CT molecular complexity index is 216. The Balaban J connectivity index is 2.91. The van der Waals surface area contributed by atoms with E-state index in [1.165, 1.54) is 0 Å². The molecule has 0 heterocycles. The van der Waals surface area contributed by atoms with Crippen LogP contribution in [0.15, 0.2) is 24.3 Å². The summed E-state index contributed by atoms with van der Waals surface area (Å²) in [5.74, 6) is 0. The Morgan fingerprint density at radius 3 is 2.58 bits per heavy atom. The lowest BCUT2D eigenvalue weighted by molar-refractivity contribution is -0.0372. The third-order valence-corrected chi connectivity index (χ3v) is 2.43. The number of aliphatic hydroxyl groups is 2. The van der Waals surface area contributed by atoms with E-state index in [2.05, 4.69) is 6.58 Å². The molecule has 0 saturated heterocycles. The van der Waals surface area contributed by atoms with Gasteiger partial charge in [0.15, 0.2) is 0 Å². The van der Waals surface area contributed by atoms with Gasteiger partial charge in [-0.15, -0.1) is 0 Å². The highest BCUT2D eigenvalue weighted by atomic mass is 16.3. The molecule has 0 aromatic carbocycles. The van der Waals surface area contributed by atoms with E-state index in [0.29, 0.717) is 0 Å². The standard InChI is InChI=1S/C10H16O2/c1-4-7-5-8(11)9(12)10(2,3)6-7/h4-5,8-9,11-12H,1,6H2,2-3H3. The van der Waals surface area contributed by atoms with Crippen molar-refractivity contribution in [2.75, 3.05) is 0 Å². The summed E-state index contributed by atoms with van der Waals surface area (Å²) in [5.41, 5.74) is 0.760. The van der Waals surface area contributed by atoms with E-state index in [1.807, 2.05) is 13.8 Å². The molecule has 0 fully saturated rings. The number of hydrogen-bond donors (Lipinski definition) is 2. The van der Waals surface area contributed by atoms with Crippen molar-refractivity contribution in [1.29, 1.82) is 0 Å². The van der Waals surface area contributed by atoms with Crippen LogP contribution in [0.5, 0.6) is 0 Å². The zero-order chi connectivity index (χ0) is 9.35. The van der Waals surface area contributed by atoms with Crippen molar-refractivity contribution in [3.63, 3.8) is 0 Å². The van der Waals surface area contributed by atoms with Crippen LogP contribution in [0.2, 0.25) is 0 Å². The maximum atomic E-state index is 9.59. The molecule has 1 aliphatic rings. The molecule has 1 aliphatic carbocycles. The first-order valence-corrected chi connectivity index (χ1v) is 4.16. The van der Waals surface area contributed by atoms with Crippen LogP contribution >= 0.6 is 0 Å². The molecule has 2 atom stereocenters. The summed E-state index contributed by atoms with van der Waals surface area (Å²) in [7, 11) is 0. The second-order valence-electron chi connectivity index (χ2n) is 4.05. The molecule has 0 spiro atoms. The van der Waals surface area contributed by atoms with Gasteiger partial charge in [0.1, 0.15) is 0 Å². The second kappa shape index (κ2) is 3.04. The lowest BCUT2D eigenvalue weighted by Gasteiger charge is -2.37. The van der Waals surface area contributed by atoms with Crippen molar-refractivity contribution in [2.45, 2.75) is 32.5 Å². The highest BCUT2D eigenvalue weighted by Gasteiger charge is 2.36. The third-order valence-electron chi connectivity index (χ3n) is 2.43. The SMILES string of the molecule is C=CC1=CC(O)C(O)C(C)(C)C1. The van der Waals surface area contributed by atoms with Crippen molar-refractivity contribution >= 4 is 0 Å². The van der Waals surface area contributed by atoms with Gasteiger partial charge in [-0.05, 0) is 17.4 Å². The van der Waals surface area contributed by atoms with Gasteiger partial charge >= 0.3 is 0 Å². The highest BCUT2D eigenvalue weighted by Crippen LogP contribution is 2.35. The van der Waals surface area contributed by atoms with Gasteiger partial charge < -0.3 is 10.2 Å². The topological polar surface area (TPSA) is 40.5 Å². The highest BCUT2D eigenvalue weighted by molar-refractivity contribution is 5.24. The predicted molar refractivity (Wildman–Crippen MR) is 48.7 cm³/mol. The summed E-state index contributed by atoms with van der Waals surface area (Å²) in [5, 5.41) is 19.0. The molecule has 0 amide bonds. The zero-order valence-corrected chi connectivity index (χ0v) is 7.62. The Kier molecular flexibility index (Phi) is 2.40. The van der Waals surface area contributed by atoms with Crippen molar-refractivity contribution in [3.05, 3.63) is 24.3 Å². The predicted octanol–water partition coefficient (Wildman–Crippen LogP) is 1.25. The minimum atomic E-state index is -0.748. The summed E-state index contributed by atoms with van der Waals surface area (Å²) in [4.78, 5) is 0. The lowest BCUT2D eigenvalue weighted by Crippen LogP contribution is -2.41. The van der Waals surface area contributed by atoms with E-state index in [-0.39, 0.29) is 5.41 Å². The summed E-state index contributed by atoms with van der Waals surface area (Å²) >= 11 is 0. The van der Waals surface area contributed by atoms with Crippen LogP contribution in [0, 0.1) is 5.41 Å². The smallest absolute Gasteiger partial charge is 0.0990 e. The molecule has 0 saturated carbocycles. The van der Waals surface area contributed by atoms with Gasteiger partial charge in [0.05, 0.1) is 12.2 Å². The fourth-order valence-corrected chi connectivity index (χ4v) is 1.60. The van der Waals surface area contributed by atoms with Crippen molar-refractivity contribution in [1.82, 2.24) is 0 Å². The summed E-state index contributed by atoms with van der Waals surface area (Å²) < 4.78 is 0. The lowest BCUT2D eigenvalue weighted by atomic mass is 9.74. The molecule has 1 rings (SSSR count). The molecule has 0 aromatic rings. The van der Waals surface area contributed by atoms with Crippen LogP contribution in [0.25, 0.3) is 0 Å². The van der Waals surface area contributed by atoms with Crippen LogP contribution in [-0.2, 0) is 0 Å². The second-order valence-corrected chi connectivity index (χ2v) is 4.05. The van der Waals surface area contributed by atoms with Crippen LogP contribution in [-0.4, -0.2) is 22.4 Å². The van der Waals surface area contributed by atoms with Crippen molar-refractivity contribution in [3.8, 4) is 0 Å². The molecule has 0 radical (unpaired) electrons. The largest absolute Gasteiger partial charge is 0.390 e. The van der Waals surface area contributed by atoms with E-state index >= 15 is 0 Å². The summed E-state index contributed by atoms with van der Waals surface area (Å²) in [6.45, 7) is 7.53. The first kappa shape index (κ1) is 9.49. The van der Waals surface area contributed by atoms with Crippen LogP contribution in [0.4, 0.5) is 0 Å². The number of hydrogen-bond acceptors (Lipinski definition) is 2. The van der Waals surface area contributed by atoms with Gasteiger partial charge in [0, 0.05) is 0 Å². The van der Waals surface area contributed by atoms with Gasteiger partial charge in [0.2, 0.25) is 0 Å². The molecule has 12 heavy (non-hydrogen) atoms. The van der Waals surface area contributed by atoms with Gasteiger partial charge in [0.25, 0.3) is 0 Å². The number of rotatable bonds is 1. The van der Waals surface area contributed by atoms with Gasteiger partial charge in [-0.1, -0.05) is 32.6 Å². The van der Waals surface area contributed by atoms with E-state index in [0.717, 1.165) is 12.0 Å². The Morgan fingerprint density at radius 2 is 2.17 bits per heavy atom. The quantitative estimate of drug-likeness (QED) is 0.618. The molecule has 2 N–H and O–H groups in total. The molecular formula is C10H16O2. The van der Waals surface area contributed by atoms with Crippen LogP contribution < -0.4 is 0 Å². The van der Waals surface area contributed by atoms with Crippen LogP contribution in [0.1, 0.15) is 20.3 Å². The Labute approximate surface area is 73.2 Å². The van der Waals surface area contributed by atoms with E-state index in [4.69, 9.17) is 0 Å². The maximum absolute atomic E-state index is 9.59. The molecule has 0 aliphatic heterocycles. The maximum Gasteiger partial charge on any atom is 0.0990 e.